The van der Waals surface area contributed by atoms with Gasteiger partial charge in [-0.15, -0.1) is 0 Å². The van der Waals surface area contributed by atoms with E-state index in [0.717, 1.165) is 36.7 Å². The Morgan fingerprint density at radius 2 is 1.76 bits per heavy atom. The summed E-state index contributed by atoms with van der Waals surface area (Å²) in [4.78, 5) is 19.1. The van der Waals surface area contributed by atoms with E-state index in [2.05, 4.69) is 5.32 Å². The Balaban J connectivity index is 0.000000321. The van der Waals surface area contributed by atoms with Gasteiger partial charge in [0, 0.05) is 18.7 Å². The van der Waals surface area contributed by atoms with Gasteiger partial charge in [0.15, 0.2) is 11.6 Å². The SMILES string of the molecule is Fc1ccc(-c2ccccc2COC2CCNC2)cc1F.O=C(O)C=CC(=O)O. The van der Waals surface area contributed by atoms with Gasteiger partial charge >= 0.3 is 11.9 Å². The Labute approximate surface area is 166 Å². The highest BCUT2D eigenvalue weighted by Crippen LogP contribution is 2.26. The van der Waals surface area contributed by atoms with E-state index >= 15 is 0 Å². The number of nitrogens with one attached hydrogen (secondary N) is 1. The maximum atomic E-state index is 13.4. The average molecular weight is 405 g/mol. The molecule has 8 heteroatoms. The highest BCUT2D eigenvalue weighted by Gasteiger charge is 2.16. The standard InChI is InChI=1S/C17H17F2NO.C4H4O4/c18-16-6-5-12(9-17(16)19)15-4-2-1-3-13(15)11-21-14-7-8-20-10-14;5-3(6)1-2-4(7)8/h1-6,9,14,20H,7-8,10-11H2;1-2H,(H,5,6)(H,7,8). The highest BCUT2D eigenvalue weighted by molar-refractivity contribution is 5.89. The van der Waals surface area contributed by atoms with E-state index < -0.39 is 23.6 Å². The monoisotopic (exact) mass is 405 g/mol. The highest BCUT2D eigenvalue weighted by atomic mass is 19.2. The molecule has 0 radical (unpaired) electrons. The van der Waals surface area contributed by atoms with Gasteiger partial charge in [-0.1, -0.05) is 30.3 Å². The summed E-state index contributed by atoms with van der Waals surface area (Å²) in [6, 6.07) is 11.6. The first-order valence-electron chi connectivity index (χ1n) is 8.86. The fourth-order valence-corrected chi connectivity index (χ4v) is 2.71. The molecule has 1 fully saturated rings. The second kappa shape index (κ2) is 11.0. The normalized spacial score (nSPS) is 15.7. The molecule has 0 amide bonds. The number of carboxylic acids is 2. The minimum absolute atomic E-state index is 0.225. The van der Waals surface area contributed by atoms with Crippen molar-refractivity contribution in [3.05, 3.63) is 71.8 Å². The summed E-state index contributed by atoms with van der Waals surface area (Å²) >= 11 is 0. The van der Waals surface area contributed by atoms with Crippen LogP contribution in [0.1, 0.15) is 12.0 Å². The second-order valence-corrected chi connectivity index (χ2v) is 6.22. The zero-order valence-electron chi connectivity index (χ0n) is 15.5. The van der Waals surface area contributed by atoms with Crippen LogP contribution in [0, 0.1) is 11.6 Å². The zero-order valence-corrected chi connectivity index (χ0v) is 15.5. The molecule has 1 atom stereocenters. The van der Waals surface area contributed by atoms with Crippen molar-refractivity contribution >= 4 is 11.9 Å². The van der Waals surface area contributed by atoms with Gasteiger partial charge in [-0.2, -0.15) is 0 Å². The molecule has 1 heterocycles. The third-order valence-electron chi connectivity index (χ3n) is 4.11. The van der Waals surface area contributed by atoms with Gasteiger partial charge in [0.1, 0.15) is 0 Å². The Hall–Kier alpha value is -3.10. The second-order valence-electron chi connectivity index (χ2n) is 6.22. The first-order chi connectivity index (χ1) is 13.9. The van der Waals surface area contributed by atoms with Gasteiger partial charge in [0.05, 0.1) is 12.7 Å². The number of halogens is 2. The van der Waals surface area contributed by atoms with Gasteiger partial charge in [-0.3, -0.25) is 0 Å². The lowest BCUT2D eigenvalue weighted by atomic mass is 10.00. The topological polar surface area (TPSA) is 95.9 Å². The molecule has 0 bridgehead atoms. The molecular weight excluding hydrogens is 384 g/mol. The molecule has 154 valence electrons. The lowest BCUT2D eigenvalue weighted by Gasteiger charge is -2.14. The molecule has 6 nitrogen and oxygen atoms in total. The largest absolute Gasteiger partial charge is 0.478 e. The minimum atomic E-state index is -1.26. The van der Waals surface area contributed by atoms with E-state index in [1.54, 1.807) is 6.07 Å². The van der Waals surface area contributed by atoms with Crippen LogP contribution in [0.3, 0.4) is 0 Å². The van der Waals surface area contributed by atoms with Crippen LogP contribution in [-0.2, 0) is 20.9 Å². The molecule has 0 saturated carbocycles. The van der Waals surface area contributed by atoms with E-state index in [-0.39, 0.29) is 6.10 Å². The molecule has 29 heavy (non-hydrogen) atoms. The van der Waals surface area contributed by atoms with E-state index in [0.29, 0.717) is 24.3 Å². The smallest absolute Gasteiger partial charge is 0.328 e. The van der Waals surface area contributed by atoms with Crippen molar-refractivity contribution in [2.75, 3.05) is 13.1 Å². The number of hydrogen-bond donors (Lipinski definition) is 3. The quantitative estimate of drug-likeness (QED) is 0.639. The summed E-state index contributed by atoms with van der Waals surface area (Å²) in [5.74, 6) is -4.17. The van der Waals surface area contributed by atoms with Crippen LogP contribution in [0.5, 0.6) is 0 Å². The van der Waals surface area contributed by atoms with Crippen molar-refractivity contribution in [3.8, 4) is 11.1 Å². The van der Waals surface area contributed by atoms with Crippen molar-refractivity contribution in [2.45, 2.75) is 19.1 Å². The molecule has 0 aliphatic carbocycles. The van der Waals surface area contributed by atoms with Crippen molar-refractivity contribution in [1.29, 1.82) is 0 Å². The van der Waals surface area contributed by atoms with Crippen LogP contribution in [0.25, 0.3) is 11.1 Å². The van der Waals surface area contributed by atoms with E-state index in [4.69, 9.17) is 14.9 Å². The number of carboxylic acid groups (broad SMARTS) is 2. The minimum Gasteiger partial charge on any atom is -0.478 e. The van der Waals surface area contributed by atoms with Crippen LogP contribution in [-0.4, -0.2) is 41.3 Å². The van der Waals surface area contributed by atoms with Crippen LogP contribution in [0.2, 0.25) is 0 Å². The molecule has 1 aliphatic heterocycles. The van der Waals surface area contributed by atoms with E-state index in [9.17, 15) is 18.4 Å². The summed E-state index contributed by atoms with van der Waals surface area (Å²) in [5.41, 5.74) is 2.52. The van der Waals surface area contributed by atoms with Crippen LogP contribution < -0.4 is 5.32 Å². The van der Waals surface area contributed by atoms with Gasteiger partial charge in [-0.25, -0.2) is 18.4 Å². The van der Waals surface area contributed by atoms with Gasteiger partial charge in [0.25, 0.3) is 0 Å². The first-order valence-corrected chi connectivity index (χ1v) is 8.86. The summed E-state index contributed by atoms with van der Waals surface area (Å²) in [5, 5.41) is 18.9. The Kier molecular flexibility index (Phi) is 8.45. The van der Waals surface area contributed by atoms with Crippen LogP contribution in [0.4, 0.5) is 8.78 Å². The lowest BCUT2D eigenvalue weighted by molar-refractivity contribution is -0.134. The van der Waals surface area contributed by atoms with Crippen molar-refractivity contribution in [3.63, 3.8) is 0 Å². The molecule has 2 aromatic rings. The Morgan fingerprint density at radius 3 is 2.34 bits per heavy atom. The number of hydrogen-bond acceptors (Lipinski definition) is 4. The molecule has 2 aromatic carbocycles. The van der Waals surface area contributed by atoms with Crippen molar-refractivity contribution in [2.24, 2.45) is 0 Å². The number of ether oxygens (including phenoxy) is 1. The molecule has 0 aromatic heterocycles. The molecule has 3 N–H and O–H groups in total. The van der Waals surface area contributed by atoms with Crippen molar-refractivity contribution in [1.82, 2.24) is 5.32 Å². The third kappa shape index (κ3) is 7.44. The summed E-state index contributed by atoms with van der Waals surface area (Å²) in [6.07, 6.45) is 2.35. The molecule has 3 rings (SSSR count). The van der Waals surface area contributed by atoms with Gasteiger partial charge in [0.2, 0.25) is 0 Å². The summed E-state index contributed by atoms with van der Waals surface area (Å²) < 4.78 is 32.3. The predicted octanol–water partition coefficient (Wildman–Crippen LogP) is 3.22. The zero-order chi connectivity index (χ0) is 21.2. The number of rotatable bonds is 6. The van der Waals surface area contributed by atoms with E-state index in [1.807, 2.05) is 24.3 Å². The fraction of sp³-hybridized carbons (Fsp3) is 0.238. The average Bonchev–Trinajstić information content (AvgIpc) is 3.21. The Bertz CT molecular complexity index is 863. The third-order valence-corrected chi connectivity index (χ3v) is 4.11. The van der Waals surface area contributed by atoms with Crippen molar-refractivity contribution < 1.29 is 33.3 Å². The molecule has 1 saturated heterocycles. The number of aliphatic carboxylic acids is 2. The first kappa shape index (κ1) is 22.2. The molecule has 1 aliphatic rings. The molecule has 0 spiro atoms. The Morgan fingerprint density at radius 1 is 1.07 bits per heavy atom. The number of benzene rings is 2. The van der Waals surface area contributed by atoms with Crippen LogP contribution >= 0.6 is 0 Å². The summed E-state index contributed by atoms with van der Waals surface area (Å²) in [6.45, 7) is 2.32. The van der Waals surface area contributed by atoms with E-state index in [1.165, 1.54) is 6.07 Å². The van der Waals surface area contributed by atoms with Gasteiger partial charge in [-0.05, 0) is 41.8 Å². The molecule has 1 unspecified atom stereocenters. The maximum Gasteiger partial charge on any atom is 0.328 e. The molecular formula is C21H21F2NO5. The predicted molar refractivity (Wildman–Crippen MR) is 102 cm³/mol. The number of carbonyl (C=O) groups is 2. The lowest BCUT2D eigenvalue weighted by Crippen LogP contribution is -2.16. The maximum absolute atomic E-state index is 13.4. The van der Waals surface area contributed by atoms with Crippen LogP contribution in [0.15, 0.2) is 54.6 Å². The fourth-order valence-electron chi connectivity index (χ4n) is 2.71. The summed E-state index contributed by atoms with van der Waals surface area (Å²) in [7, 11) is 0. The van der Waals surface area contributed by atoms with Gasteiger partial charge < -0.3 is 20.3 Å².